The van der Waals surface area contributed by atoms with Gasteiger partial charge in [-0.25, -0.2) is 0 Å². The van der Waals surface area contributed by atoms with E-state index in [1.807, 2.05) is 35.9 Å². The fourth-order valence-electron chi connectivity index (χ4n) is 1.56. The van der Waals surface area contributed by atoms with Crippen LogP contribution >= 0.6 is 15.9 Å². The second-order valence-electron chi connectivity index (χ2n) is 3.28. The maximum absolute atomic E-state index is 5.69. The molecule has 2 aromatic rings. The standard InChI is InChI=1S/C11H12BrN3/c1-2-15-10(7-11(13)14-15)8-4-3-5-9(12)6-8/h3-7H,2H2,1H3,(H2,13,14). The van der Waals surface area contributed by atoms with Crippen molar-refractivity contribution in [2.45, 2.75) is 13.5 Å². The first-order valence-electron chi connectivity index (χ1n) is 4.80. The molecule has 1 heterocycles. The Bertz CT molecular complexity index is 476. The Morgan fingerprint density at radius 2 is 2.20 bits per heavy atom. The molecule has 0 aliphatic carbocycles. The van der Waals surface area contributed by atoms with E-state index in [0.717, 1.165) is 22.3 Å². The topological polar surface area (TPSA) is 43.8 Å². The second kappa shape index (κ2) is 4.06. The number of benzene rings is 1. The van der Waals surface area contributed by atoms with Gasteiger partial charge in [-0.1, -0.05) is 28.1 Å². The van der Waals surface area contributed by atoms with Crippen molar-refractivity contribution in [2.24, 2.45) is 0 Å². The van der Waals surface area contributed by atoms with Gasteiger partial charge in [-0.3, -0.25) is 4.68 Å². The van der Waals surface area contributed by atoms with E-state index in [4.69, 9.17) is 5.73 Å². The van der Waals surface area contributed by atoms with Crippen molar-refractivity contribution in [3.63, 3.8) is 0 Å². The first kappa shape index (κ1) is 10.2. The lowest BCUT2D eigenvalue weighted by molar-refractivity contribution is 0.670. The van der Waals surface area contributed by atoms with Crippen molar-refractivity contribution in [1.82, 2.24) is 9.78 Å². The number of anilines is 1. The predicted molar refractivity (Wildman–Crippen MR) is 65.4 cm³/mol. The van der Waals surface area contributed by atoms with Gasteiger partial charge in [-0.15, -0.1) is 0 Å². The van der Waals surface area contributed by atoms with E-state index < -0.39 is 0 Å². The quantitative estimate of drug-likeness (QED) is 0.908. The molecule has 0 radical (unpaired) electrons. The molecule has 0 spiro atoms. The van der Waals surface area contributed by atoms with Gasteiger partial charge in [-0.05, 0) is 19.1 Å². The van der Waals surface area contributed by atoms with Crippen molar-refractivity contribution >= 4 is 21.7 Å². The van der Waals surface area contributed by atoms with Gasteiger partial charge in [0, 0.05) is 22.6 Å². The molecule has 78 valence electrons. The fraction of sp³-hybridized carbons (Fsp3) is 0.182. The highest BCUT2D eigenvalue weighted by molar-refractivity contribution is 9.10. The summed E-state index contributed by atoms with van der Waals surface area (Å²) < 4.78 is 2.96. The van der Waals surface area contributed by atoms with Crippen LogP contribution in [0, 0.1) is 0 Å². The number of hydrogen-bond donors (Lipinski definition) is 1. The van der Waals surface area contributed by atoms with E-state index in [1.165, 1.54) is 0 Å². The summed E-state index contributed by atoms with van der Waals surface area (Å²) in [6.45, 7) is 2.87. The zero-order valence-electron chi connectivity index (χ0n) is 8.44. The van der Waals surface area contributed by atoms with Crippen molar-refractivity contribution in [3.8, 4) is 11.3 Å². The van der Waals surface area contributed by atoms with E-state index in [0.29, 0.717) is 5.82 Å². The van der Waals surface area contributed by atoms with Crippen LogP contribution in [0.1, 0.15) is 6.92 Å². The molecule has 15 heavy (non-hydrogen) atoms. The third-order valence-corrected chi connectivity index (χ3v) is 2.71. The van der Waals surface area contributed by atoms with Gasteiger partial charge >= 0.3 is 0 Å². The monoisotopic (exact) mass is 265 g/mol. The third kappa shape index (κ3) is 2.04. The molecule has 3 nitrogen and oxygen atoms in total. The molecule has 0 unspecified atom stereocenters. The largest absolute Gasteiger partial charge is 0.382 e. The van der Waals surface area contributed by atoms with Crippen LogP contribution in [-0.2, 0) is 6.54 Å². The van der Waals surface area contributed by atoms with Gasteiger partial charge in [0.05, 0.1) is 5.69 Å². The van der Waals surface area contributed by atoms with E-state index in [-0.39, 0.29) is 0 Å². The molecule has 0 aliphatic heterocycles. The molecular weight excluding hydrogens is 254 g/mol. The number of nitrogens with zero attached hydrogens (tertiary/aromatic N) is 2. The summed E-state index contributed by atoms with van der Waals surface area (Å²) in [5.41, 5.74) is 7.86. The molecule has 0 saturated heterocycles. The Morgan fingerprint density at radius 1 is 1.40 bits per heavy atom. The highest BCUT2D eigenvalue weighted by atomic mass is 79.9. The molecule has 1 aromatic carbocycles. The summed E-state index contributed by atoms with van der Waals surface area (Å²) in [5.74, 6) is 0.562. The van der Waals surface area contributed by atoms with Crippen molar-refractivity contribution in [1.29, 1.82) is 0 Å². The molecule has 0 fully saturated rings. The van der Waals surface area contributed by atoms with E-state index in [9.17, 15) is 0 Å². The molecule has 2 rings (SSSR count). The Kier molecular flexibility index (Phi) is 2.77. The van der Waals surface area contributed by atoms with Crippen molar-refractivity contribution in [2.75, 3.05) is 5.73 Å². The number of nitrogens with two attached hydrogens (primary N) is 1. The van der Waals surface area contributed by atoms with Crippen LogP contribution in [0.4, 0.5) is 5.82 Å². The van der Waals surface area contributed by atoms with E-state index in [2.05, 4.69) is 27.1 Å². The molecular formula is C11H12BrN3. The summed E-state index contributed by atoms with van der Waals surface area (Å²) in [6, 6.07) is 10.0. The number of hydrogen-bond acceptors (Lipinski definition) is 2. The second-order valence-corrected chi connectivity index (χ2v) is 4.20. The molecule has 4 heteroatoms. The van der Waals surface area contributed by atoms with E-state index in [1.54, 1.807) is 0 Å². The van der Waals surface area contributed by atoms with Crippen LogP contribution in [-0.4, -0.2) is 9.78 Å². The summed E-state index contributed by atoms with van der Waals surface area (Å²) in [7, 11) is 0. The molecule has 0 amide bonds. The third-order valence-electron chi connectivity index (χ3n) is 2.22. The SMILES string of the molecule is CCn1nc(N)cc1-c1cccc(Br)c1. The van der Waals surface area contributed by atoms with Crippen LogP contribution in [0.15, 0.2) is 34.8 Å². The highest BCUT2D eigenvalue weighted by Gasteiger charge is 2.06. The van der Waals surface area contributed by atoms with Gasteiger partial charge in [0.2, 0.25) is 0 Å². The summed E-state index contributed by atoms with van der Waals surface area (Å²) >= 11 is 3.45. The molecule has 0 bridgehead atoms. The Balaban J connectivity index is 2.53. The van der Waals surface area contributed by atoms with Gasteiger partial charge in [0.25, 0.3) is 0 Å². The summed E-state index contributed by atoms with van der Waals surface area (Å²) in [4.78, 5) is 0. The lowest BCUT2D eigenvalue weighted by Gasteiger charge is -2.04. The van der Waals surface area contributed by atoms with Gasteiger partial charge in [0.15, 0.2) is 0 Å². The Hall–Kier alpha value is -1.29. The zero-order valence-corrected chi connectivity index (χ0v) is 10.0. The maximum Gasteiger partial charge on any atom is 0.146 e. The van der Waals surface area contributed by atoms with E-state index >= 15 is 0 Å². The number of aromatic nitrogens is 2. The minimum Gasteiger partial charge on any atom is -0.382 e. The number of halogens is 1. The minimum atomic E-state index is 0.562. The fourth-order valence-corrected chi connectivity index (χ4v) is 1.96. The average molecular weight is 266 g/mol. The number of nitrogen functional groups attached to an aromatic ring is 1. The lowest BCUT2D eigenvalue weighted by atomic mass is 10.1. The summed E-state index contributed by atoms with van der Waals surface area (Å²) in [5, 5.41) is 4.21. The lowest BCUT2D eigenvalue weighted by Crippen LogP contribution is -1.99. The van der Waals surface area contributed by atoms with Gasteiger partial charge in [-0.2, -0.15) is 5.10 Å². The summed E-state index contributed by atoms with van der Waals surface area (Å²) in [6.07, 6.45) is 0. The van der Waals surface area contributed by atoms with Crippen LogP contribution < -0.4 is 5.73 Å². The molecule has 0 aliphatic rings. The van der Waals surface area contributed by atoms with Crippen LogP contribution in [0.5, 0.6) is 0 Å². The van der Waals surface area contributed by atoms with Gasteiger partial charge < -0.3 is 5.73 Å². The first-order valence-corrected chi connectivity index (χ1v) is 5.59. The number of aryl methyl sites for hydroxylation is 1. The maximum atomic E-state index is 5.69. The zero-order chi connectivity index (χ0) is 10.8. The molecule has 0 atom stereocenters. The van der Waals surface area contributed by atoms with Crippen molar-refractivity contribution < 1.29 is 0 Å². The number of rotatable bonds is 2. The minimum absolute atomic E-state index is 0.562. The molecule has 2 N–H and O–H groups in total. The molecule has 0 saturated carbocycles. The van der Waals surface area contributed by atoms with Crippen LogP contribution in [0.2, 0.25) is 0 Å². The first-order chi connectivity index (χ1) is 7.20. The van der Waals surface area contributed by atoms with Crippen molar-refractivity contribution in [3.05, 3.63) is 34.8 Å². The van der Waals surface area contributed by atoms with Crippen LogP contribution in [0.25, 0.3) is 11.3 Å². The normalized spacial score (nSPS) is 10.5. The Morgan fingerprint density at radius 3 is 2.87 bits per heavy atom. The van der Waals surface area contributed by atoms with Gasteiger partial charge in [0.1, 0.15) is 5.82 Å². The molecule has 1 aromatic heterocycles. The average Bonchev–Trinajstić information content (AvgIpc) is 2.59. The predicted octanol–water partition coefficient (Wildman–Crippen LogP) is 2.91. The highest BCUT2D eigenvalue weighted by Crippen LogP contribution is 2.24. The Labute approximate surface area is 97.0 Å². The van der Waals surface area contributed by atoms with Crippen LogP contribution in [0.3, 0.4) is 0 Å². The smallest absolute Gasteiger partial charge is 0.146 e.